The van der Waals surface area contributed by atoms with Crippen LogP contribution in [0.5, 0.6) is 5.75 Å². The molecule has 1 aliphatic rings. The molecule has 4 N–H and O–H groups in total. The lowest BCUT2D eigenvalue weighted by Gasteiger charge is -2.12. The van der Waals surface area contributed by atoms with Gasteiger partial charge in [0.2, 0.25) is 0 Å². The highest BCUT2D eigenvalue weighted by Crippen LogP contribution is 2.35. The Balaban J connectivity index is 1.40. The van der Waals surface area contributed by atoms with Gasteiger partial charge in [-0.3, -0.25) is 4.79 Å². The summed E-state index contributed by atoms with van der Waals surface area (Å²) in [6, 6.07) is 13.9. The maximum atomic E-state index is 13.6. The van der Waals surface area contributed by atoms with E-state index in [1.807, 2.05) is 25.3 Å². The van der Waals surface area contributed by atoms with Crippen LogP contribution in [0.2, 0.25) is 0 Å². The molecule has 1 saturated carbocycles. The van der Waals surface area contributed by atoms with Crippen molar-refractivity contribution in [3.63, 3.8) is 0 Å². The molecule has 4 aromatic rings. The molecule has 9 nitrogen and oxygen atoms in total. The lowest BCUT2D eigenvalue weighted by atomic mass is 10.0. The number of fused-ring (bicyclic) bond motifs is 1. The number of nitrogens with one attached hydrogen (secondary N) is 2. The fraction of sp³-hybridized carbons (Fsp3) is 0.259. The fourth-order valence-electron chi connectivity index (χ4n) is 4.77. The number of nitrogens with two attached hydrogens (primary N) is 1. The van der Waals surface area contributed by atoms with E-state index in [0.717, 1.165) is 25.7 Å². The molecule has 36 heavy (non-hydrogen) atoms. The highest BCUT2D eigenvalue weighted by atomic mass is 16.5. The number of hydrogen-bond acceptors (Lipinski definition) is 6. The van der Waals surface area contributed by atoms with Crippen LogP contribution in [0.3, 0.4) is 0 Å². The number of carbonyl (C=O) groups excluding carboxylic acids is 2. The molecule has 184 valence electrons. The van der Waals surface area contributed by atoms with Crippen molar-refractivity contribution >= 4 is 40.0 Å². The summed E-state index contributed by atoms with van der Waals surface area (Å²) in [5.74, 6) is 0.656. The summed E-state index contributed by atoms with van der Waals surface area (Å²) in [7, 11) is 0. The number of ether oxygens (including phenoxy) is 1. The molecular weight excluding hydrogens is 456 g/mol. The molecule has 1 aliphatic carbocycles. The Morgan fingerprint density at radius 3 is 2.69 bits per heavy atom. The largest absolute Gasteiger partial charge is 0.492 e. The van der Waals surface area contributed by atoms with Crippen molar-refractivity contribution in [3.05, 3.63) is 72.2 Å². The van der Waals surface area contributed by atoms with Gasteiger partial charge < -0.3 is 25.7 Å². The van der Waals surface area contributed by atoms with E-state index in [2.05, 4.69) is 25.2 Å². The van der Waals surface area contributed by atoms with Gasteiger partial charge in [-0.1, -0.05) is 37.1 Å². The minimum absolute atomic E-state index is 0.205. The van der Waals surface area contributed by atoms with Crippen molar-refractivity contribution in [2.24, 2.45) is 0 Å². The molecule has 0 unspecified atom stereocenters. The maximum absolute atomic E-state index is 13.6. The van der Waals surface area contributed by atoms with E-state index in [9.17, 15) is 9.59 Å². The predicted octanol–water partition coefficient (Wildman–Crippen LogP) is 5.40. The Morgan fingerprint density at radius 1 is 1.08 bits per heavy atom. The summed E-state index contributed by atoms with van der Waals surface area (Å²) >= 11 is 0. The molecule has 0 aliphatic heterocycles. The quantitative estimate of drug-likeness (QED) is 0.302. The van der Waals surface area contributed by atoms with E-state index in [0.29, 0.717) is 51.9 Å². The maximum Gasteiger partial charge on any atom is 0.323 e. The molecule has 2 aromatic heterocycles. The third kappa shape index (κ3) is 4.59. The zero-order valence-corrected chi connectivity index (χ0v) is 20.0. The number of amides is 2. The van der Waals surface area contributed by atoms with Gasteiger partial charge >= 0.3 is 6.03 Å². The number of carbonyl (C=O) groups is 2. The summed E-state index contributed by atoms with van der Waals surface area (Å²) < 4.78 is 7.63. The van der Waals surface area contributed by atoms with Crippen molar-refractivity contribution in [1.82, 2.24) is 14.5 Å². The first-order valence-corrected chi connectivity index (χ1v) is 12.1. The SMILES string of the molecule is CCOc1ccccc1NC(=O)Nc1cccc(C(=O)c2cn(C3CCCC3)c3ncnc(N)c23)c1. The number of nitrogen functional groups attached to an aromatic ring is 1. The first-order chi connectivity index (χ1) is 17.5. The number of ketones is 1. The Kier molecular flexibility index (Phi) is 6.53. The highest BCUT2D eigenvalue weighted by Gasteiger charge is 2.25. The number of anilines is 3. The lowest BCUT2D eigenvalue weighted by Crippen LogP contribution is -2.20. The third-order valence-electron chi connectivity index (χ3n) is 6.42. The molecule has 2 heterocycles. The number of aromatic nitrogens is 3. The van der Waals surface area contributed by atoms with Crippen molar-refractivity contribution in [1.29, 1.82) is 0 Å². The van der Waals surface area contributed by atoms with Crippen LogP contribution < -0.4 is 21.1 Å². The predicted molar refractivity (Wildman–Crippen MR) is 140 cm³/mol. The molecule has 0 spiro atoms. The number of nitrogens with zero attached hydrogens (tertiary/aromatic N) is 3. The molecule has 2 amide bonds. The molecular formula is C27H28N6O3. The summed E-state index contributed by atoms with van der Waals surface area (Å²) in [4.78, 5) is 34.8. The summed E-state index contributed by atoms with van der Waals surface area (Å²) in [6.45, 7) is 2.36. The fourth-order valence-corrected chi connectivity index (χ4v) is 4.77. The number of rotatable bonds is 7. The molecule has 0 radical (unpaired) electrons. The minimum atomic E-state index is -0.442. The zero-order valence-electron chi connectivity index (χ0n) is 20.0. The number of para-hydroxylation sites is 2. The summed E-state index contributed by atoms with van der Waals surface area (Å²) in [6.07, 6.45) is 7.68. The van der Waals surface area contributed by atoms with Crippen molar-refractivity contribution in [2.45, 2.75) is 38.6 Å². The van der Waals surface area contributed by atoms with Gasteiger partial charge in [-0.25, -0.2) is 14.8 Å². The molecule has 2 aromatic carbocycles. The molecule has 1 fully saturated rings. The van der Waals surface area contributed by atoms with Crippen LogP contribution in [0.1, 0.15) is 54.6 Å². The van der Waals surface area contributed by atoms with Gasteiger partial charge in [-0.05, 0) is 44.0 Å². The Hall–Kier alpha value is -4.40. The minimum Gasteiger partial charge on any atom is -0.492 e. The normalized spacial score (nSPS) is 13.6. The molecule has 5 rings (SSSR count). The Morgan fingerprint density at radius 2 is 1.89 bits per heavy atom. The van der Waals surface area contributed by atoms with Crippen LogP contribution >= 0.6 is 0 Å². The van der Waals surface area contributed by atoms with E-state index >= 15 is 0 Å². The Labute approximate surface area is 208 Å². The second kappa shape index (κ2) is 10.1. The highest BCUT2D eigenvalue weighted by molar-refractivity contribution is 6.18. The van der Waals surface area contributed by atoms with E-state index < -0.39 is 6.03 Å². The molecule has 0 saturated heterocycles. The van der Waals surface area contributed by atoms with Crippen molar-refractivity contribution < 1.29 is 14.3 Å². The van der Waals surface area contributed by atoms with Crippen molar-refractivity contribution in [3.8, 4) is 5.75 Å². The first-order valence-electron chi connectivity index (χ1n) is 12.1. The van der Waals surface area contributed by atoms with Gasteiger partial charge in [0.05, 0.1) is 23.2 Å². The van der Waals surface area contributed by atoms with Crippen LogP contribution in [0.25, 0.3) is 11.0 Å². The van der Waals surface area contributed by atoms with E-state index in [1.165, 1.54) is 6.33 Å². The Bertz CT molecular complexity index is 1420. The smallest absolute Gasteiger partial charge is 0.323 e. The monoisotopic (exact) mass is 484 g/mol. The lowest BCUT2D eigenvalue weighted by molar-refractivity contribution is 0.104. The van der Waals surface area contributed by atoms with Crippen LogP contribution in [0, 0.1) is 0 Å². The number of hydrogen-bond donors (Lipinski definition) is 3. The van der Waals surface area contributed by atoms with Gasteiger partial charge in [-0.2, -0.15) is 0 Å². The number of urea groups is 1. The molecule has 0 bridgehead atoms. The second-order valence-electron chi connectivity index (χ2n) is 8.76. The van der Waals surface area contributed by atoms with Gasteiger partial charge in [0.1, 0.15) is 23.5 Å². The van der Waals surface area contributed by atoms with Crippen LogP contribution in [-0.2, 0) is 0 Å². The number of benzene rings is 2. The average Bonchev–Trinajstić information content (AvgIpc) is 3.54. The van der Waals surface area contributed by atoms with Crippen LogP contribution in [-0.4, -0.2) is 33.0 Å². The van der Waals surface area contributed by atoms with Gasteiger partial charge in [0, 0.05) is 23.5 Å². The molecule has 0 atom stereocenters. The molecule has 9 heteroatoms. The first kappa shape index (κ1) is 23.3. The van der Waals surface area contributed by atoms with E-state index in [1.54, 1.807) is 36.4 Å². The van der Waals surface area contributed by atoms with E-state index in [4.69, 9.17) is 10.5 Å². The van der Waals surface area contributed by atoms with Gasteiger partial charge in [0.15, 0.2) is 5.78 Å². The van der Waals surface area contributed by atoms with E-state index in [-0.39, 0.29) is 11.6 Å². The summed E-state index contributed by atoms with van der Waals surface area (Å²) in [5, 5.41) is 6.15. The van der Waals surface area contributed by atoms with Crippen molar-refractivity contribution in [2.75, 3.05) is 23.0 Å². The van der Waals surface area contributed by atoms with Gasteiger partial charge in [-0.15, -0.1) is 0 Å². The average molecular weight is 485 g/mol. The third-order valence-corrected chi connectivity index (χ3v) is 6.42. The standard InChI is InChI=1S/C27H28N6O3/c1-2-36-22-13-6-5-12-21(22)32-27(35)31-18-9-7-8-17(14-18)24(34)20-15-33(19-10-3-4-11-19)26-23(20)25(28)29-16-30-26/h5-9,12-16,19H,2-4,10-11H2,1H3,(H2,28,29,30)(H2,31,32,35). The topological polar surface area (TPSA) is 124 Å². The second-order valence-corrected chi connectivity index (χ2v) is 8.76. The van der Waals surface area contributed by atoms with Crippen LogP contribution in [0.15, 0.2) is 61.1 Å². The van der Waals surface area contributed by atoms with Gasteiger partial charge in [0.25, 0.3) is 0 Å². The summed E-state index contributed by atoms with van der Waals surface area (Å²) in [5.41, 5.74) is 8.80. The van der Waals surface area contributed by atoms with Crippen LogP contribution in [0.4, 0.5) is 22.0 Å². The zero-order chi connectivity index (χ0) is 25.1.